The van der Waals surface area contributed by atoms with Crippen molar-refractivity contribution in [3.8, 4) is 12.3 Å². The van der Waals surface area contributed by atoms with Gasteiger partial charge in [-0.1, -0.05) is 18.9 Å². The summed E-state index contributed by atoms with van der Waals surface area (Å²) in [5.74, 6) is 2.64. The SMILES string of the molecule is C#CCN(C)c1ccc(C(C)NCC)cc1Br. The molecule has 0 radical (unpaired) electrons. The van der Waals surface area contributed by atoms with Crippen molar-refractivity contribution in [2.75, 3.05) is 25.0 Å². The lowest BCUT2D eigenvalue weighted by Gasteiger charge is -2.20. The molecule has 92 valence electrons. The summed E-state index contributed by atoms with van der Waals surface area (Å²) < 4.78 is 1.08. The molecule has 0 aliphatic heterocycles. The van der Waals surface area contributed by atoms with Crippen molar-refractivity contribution >= 4 is 21.6 Å². The van der Waals surface area contributed by atoms with Crippen LogP contribution in [0.5, 0.6) is 0 Å². The molecule has 0 aromatic heterocycles. The molecule has 3 heteroatoms. The normalized spacial score (nSPS) is 11.9. The molecule has 1 rings (SSSR count). The second-order valence-corrected chi connectivity index (χ2v) is 4.90. The molecule has 0 fully saturated rings. The molecule has 0 saturated carbocycles. The van der Waals surface area contributed by atoms with Gasteiger partial charge in [0.2, 0.25) is 0 Å². The van der Waals surface area contributed by atoms with E-state index < -0.39 is 0 Å². The van der Waals surface area contributed by atoms with Gasteiger partial charge in [0, 0.05) is 17.6 Å². The molecule has 2 nitrogen and oxygen atoms in total. The lowest BCUT2D eigenvalue weighted by Crippen LogP contribution is -2.19. The van der Waals surface area contributed by atoms with Gasteiger partial charge in [0.25, 0.3) is 0 Å². The van der Waals surface area contributed by atoms with E-state index in [0.717, 1.165) is 16.7 Å². The van der Waals surface area contributed by atoms with Crippen molar-refractivity contribution in [3.05, 3.63) is 28.2 Å². The minimum atomic E-state index is 0.364. The molecule has 0 amide bonds. The van der Waals surface area contributed by atoms with Gasteiger partial charge in [0.15, 0.2) is 0 Å². The number of benzene rings is 1. The Morgan fingerprint density at radius 3 is 2.76 bits per heavy atom. The Bertz CT molecular complexity index is 409. The van der Waals surface area contributed by atoms with Crippen molar-refractivity contribution in [3.63, 3.8) is 0 Å². The van der Waals surface area contributed by atoms with E-state index in [2.05, 4.69) is 59.2 Å². The highest BCUT2D eigenvalue weighted by atomic mass is 79.9. The largest absolute Gasteiger partial charge is 0.363 e. The highest BCUT2D eigenvalue weighted by Gasteiger charge is 2.09. The van der Waals surface area contributed by atoms with E-state index in [9.17, 15) is 0 Å². The van der Waals surface area contributed by atoms with Gasteiger partial charge >= 0.3 is 0 Å². The fourth-order valence-electron chi connectivity index (χ4n) is 1.75. The minimum absolute atomic E-state index is 0.364. The molecule has 1 aromatic rings. The first-order chi connectivity index (χ1) is 8.10. The summed E-state index contributed by atoms with van der Waals surface area (Å²) in [6.07, 6.45) is 5.32. The first-order valence-electron chi connectivity index (χ1n) is 5.77. The number of hydrogen-bond donors (Lipinski definition) is 1. The maximum atomic E-state index is 5.32. The van der Waals surface area contributed by atoms with Crippen LogP contribution < -0.4 is 10.2 Å². The second kappa shape index (κ2) is 6.68. The predicted octanol–water partition coefficient (Wildman–Crippen LogP) is 3.19. The van der Waals surface area contributed by atoms with Gasteiger partial charge in [-0.2, -0.15) is 0 Å². The fourth-order valence-corrected chi connectivity index (χ4v) is 2.45. The third-order valence-corrected chi connectivity index (χ3v) is 3.36. The zero-order valence-corrected chi connectivity index (χ0v) is 12.2. The van der Waals surface area contributed by atoms with E-state index in [1.165, 1.54) is 5.56 Å². The van der Waals surface area contributed by atoms with Crippen molar-refractivity contribution in [1.29, 1.82) is 0 Å². The Morgan fingerprint density at radius 2 is 2.24 bits per heavy atom. The first kappa shape index (κ1) is 14.1. The van der Waals surface area contributed by atoms with E-state index in [1.54, 1.807) is 0 Å². The van der Waals surface area contributed by atoms with Crippen LogP contribution in [0, 0.1) is 12.3 Å². The number of anilines is 1. The lowest BCUT2D eigenvalue weighted by molar-refractivity contribution is 0.598. The van der Waals surface area contributed by atoms with Crippen LogP contribution in [0.2, 0.25) is 0 Å². The molecule has 1 atom stereocenters. The smallest absolute Gasteiger partial charge is 0.0788 e. The molecule has 0 heterocycles. The monoisotopic (exact) mass is 294 g/mol. The van der Waals surface area contributed by atoms with E-state index in [1.807, 2.05) is 11.9 Å². The van der Waals surface area contributed by atoms with Gasteiger partial charge in [-0.25, -0.2) is 0 Å². The molecule has 0 spiro atoms. The van der Waals surface area contributed by atoms with Crippen molar-refractivity contribution < 1.29 is 0 Å². The van der Waals surface area contributed by atoms with E-state index in [0.29, 0.717) is 12.6 Å². The summed E-state index contributed by atoms with van der Waals surface area (Å²) in [6, 6.07) is 6.75. The van der Waals surface area contributed by atoms with Crippen molar-refractivity contribution in [1.82, 2.24) is 5.32 Å². The van der Waals surface area contributed by atoms with Gasteiger partial charge in [0.05, 0.1) is 12.2 Å². The minimum Gasteiger partial charge on any atom is -0.363 e. The van der Waals surface area contributed by atoms with Crippen LogP contribution in [0.4, 0.5) is 5.69 Å². The average molecular weight is 295 g/mol. The number of hydrogen-bond acceptors (Lipinski definition) is 2. The molecule has 1 N–H and O–H groups in total. The highest BCUT2D eigenvalue weighted by Crippen LogP contribution is 2.28. The first-order valence-corrected chi connectivity index (χ1v) is 6.56. The standard InChI is InChI=1S/C14H19BrN2/c1-5-9-17(4)14-8-7-12(10-13(14)15)11(3)16-6-2/h1,7-8,10-11,16H,6,9H2,2-4H3. The zero-order chi connectivity index (χ0) is 12.8. The summed E-state index contributed by atoms with van der Waals surface area (Å²) in [7, 11) is 1.99. The lowest BCUT2D eigenvalue weighted by atomic mass is 10.1. The van der Waals surface area contributed by atoms with Crippen LogP contribution >= 0.6 is 15.9 Å². The molecule has 0 bridgehead atoms. The quantitative estimate of drug-likeness (QED) is 0.839. The number of halogens is 1. The maximum absolute atomic E-state index is 5.32. The summed E-state index contributed by atoms with van der Waals surface area (Å²) in [5.41, 5.74) is 2.40. The van der Waals surface area contributed by atoms with Crippen LogP contribution in [0.1, 0.15) is 25.5 Å². The Morgan fingerprint density at radius 1 is 1.53 bits per heavy atom. The summed E-state index contributed by atoms with van der Waals surface area (Å²) in [4.78, 5) is 2.05. The van der Waals surface area contributed by atoms with Gasteiger partial charge < -0.3 is 10.2 Å². The second-order valence-electron chi connectivity index (χ2n) is 4.05. The molecule has 1 unspecified atom stereocenters. The van der Waals surface area contributed by atoms with Gasteiger partial charge in [-0.3, -0.25) is 0 Å². The molecule has 0 aliphatic rings. The van der Waals surface area contributed by atoms with Crippen LogP contribution in [0.25, 0.3) is 0 Å². The third-order valence-electron chi connectivity index (χ3n) is 2.72. The molecular weight excluding hydrogens is 276 g/mol. The third kappa shape index (κ3) is 3.76. The van der Waals surface area contributed by atoms with E-state index >= 15 is 0 Å². The molecule has 0 saturated heterocycles. The molecule has 1 aromatic carbocycles. The number of terminal acetylenes is 1. The maximum Gasteiger partial charge on any atom is 0.0788 e. The fraction of sp³-hybridized carbons (Fsp3) is 0.429. The highest BCUT2D eigenvalue weighted by molar-refractivity contribution is 9.10. The topological polar surface area (TPSA) is 15.3 Å². The van der Waals surface area contributed by atoms with Crippen LogP contribution in [-0.2, 0) is 0 Å². The Balaban J connectivity index is 2.90. The van der Waals surface area contributed by atoms with E-state index in [-0.39, 0.29) is 0 Å². The van der Waals surface area contributed by atoms with Gasteiger partial charge in [-0.05, 0) is 47.1 Å². The average Bonchev–Trinajstić information content (AvgIpc) is 2.29. The molecule has 17 heavy (non-hydrogen) atoms. The van der Waals surface area contributed by atoms with Crippen molar-refractivity contribution in [2.45, 2.75) is 19.9 Å². The van der Waals surface area contributed by atoms with Gasteiger partial charge in [-0.15, -0.1) is 6.42 Å². The number of nitrogens with zero attached hydrogens (tertiary/aromatic N) is 1. The zero-order valence-electron chi connectivity index (χ0n) is 10.6. The summed E-state index contributed by atoms with van der Waals surface area (Å²) >= 11 is 3.60. The molecule has 0 aliphatic carbocycles. The van der Waals surface area contributed by atoms with Crippen LogP contribution in [-0.4, -0.2) is 20.1 Å². The number of nitrogens with one attached hydrogen (secondary N) is 1. The summed E-state index contributed by atoms with van der Waals surface area (Å²) in [6.45, 7) is 5.86. The number of rotatable bonds is 5. The van der Waals surface area contributed by atoms with Crippen LogP contribution in [0.3, 0.4) is 0 Å². The molecular formula is C14H19BrN2. The van der Waals surface area contributed by atoms with Gasteiger partial charge in [0.1, 0.15) is 0 Å². The van der Waals surface area contributed by atoms with Crippen LogP contribution in [0.15, 0.2) is 22.7 Å². The Kier molecular flexibility index (Phi) is 5.54. The van der Waals surface area contributed by atoms with E-state index in [4.69, 9.17) is 6.42 Å². The van der Waals surface area contributed by atoms with Crippen molar-refractivity contribution in [2.24, 2.45) is 0 Å². The Hall–Kier alpha value is -0.980. The predicted molar refractivity (Wildman–Crippen MR) is 78.3 cm³/mol. The Labute approximate surface area is 113 Å². The summed E-state index contributed by atoms with van der Waals surface area (Å²) in [5, 5.41) is 3.40.